The number of rotatable bonds is 3. The smallest absolute Gasteiger partial charge is 0.317 e. The Labute approximate surface area is 64.5 Å². The Bertz CT molecular complexity index is 84.1. The molecule has 0 unspecified atom stereocenters. The van der Waals surface area contributed by atoms with Crippen LogP contribution in [0.2, 0.25) is 0 Å². The Kier molecular flexibility index (Phi) is 4.56. The highest BCUT2D eigenvalue weighted by Gasteiger charge is 2.10. The first-order chi connectivity index (χ1) is 3.68. The van der Waals surface area contributed by atoms with Gasteiger partial charge in [0.1, 0.15) is 4.83 Å². The van der Waals surface area contributed by atoms with Crippen LogP contribution in [0.4, 0.5) is 0 Å². The van der Waals surface area contributed by atoms with Gasteiger partial charge in [-0.3, -0.25) is 4.79 Å². The van der Waals surface area contributed by atoms with Gasteiger partial charge in [-0.15, -0.1) is 0 Å². The van der Waals surface area contributed by atoms with Gasteiger partial charge in [-0.2, -0.15) is 0 Å². The van der Waals surface area contributed by atoms with Gasteiger partial charge in [0.05, 0.1) is 0 Å². The maximum absolute atomic E-state index is 10.0. The Hall–Kier alpha value is 0.430. The molecule has 0 spiro atoms. The molecule has 0 fully saturated rings. The van der Waals surface area contributed by atoms with Crippen molar-refractivity contribution in [2.75, 3.05) is 5.33 Å². The van der Waals surface area contributed by atoms with Crippen molar-refractivity contribution in [2.24, 2.45) is 0 Å². The van der Waals surface area contributed by atoms with E-state index in [1.54, 1.807) is 0 Å². The predicted molar refractivity (Wildman–Crippen MR) is 38.8 cm³/mol. The molecule has 0 amide bonds. The van der Waals surface area contributed by atoms with Crippen molar-refractivity contribution >= 4 is 37.8 Å². The Morgan fingerprint density at radius 3 is 2.38 bits per heavy atom. The molecule has 48 valence electrons. The van der Waals surface area contributed by atoms with Crippen LogP contribution in [0, 0.1) is 0 Å². The quantitative estimate of drug-likeness (QED) is 0.768. The number of carbonyl (C=O) groups is 1. The summed E-state index contributed by atoms with van der Waals surface area (Å²) < 4.78 is 0. The van der Waals surface area contributed by atoms with E-state index in [4.69, 9.17) is 5.11 Å². The number of aliphatic carboxylic acids is 1. The third-order valence-electron chi connectivity index (χ3n) is 0.631. The summed E-state index contributed by atoms with van der Waals surface area (Å²) in [4.78, 5) is 9.62. The van der Waals surface area contributed by atoms with Crippen molar-refractivity contribution in [1.29, 1.82) is 0 Å². The van der Waals surface area contributed by atoms with Crippen LogP contribution in [0.3, 0.4) is 0 Å². The minimum atomic E-state index is -0.801. The second-order valence-corrected chi connectivity index (χ2v) is 3.18. The third-order valence-corrected chi connectivity index (χ3v) is 1.94. The molecular weight excluding hydrogens is 240 g/mol. The molecule has 8 heavy (non-hydrogen) atoms. The van der Waals surface area contributed by atoms with Crippen molar-refractivity contribution < 1.29 is 9.90 Å². The maximum atomic E-state index is 10.0. The summed E-state index contributed by atoms with van der Waals surface area (Å²) in [6.45, 7) is 0. The lowest BCUT2D eigenvalue weighted by molar-refractivity contribution is -0.136. The second-order valence-electron chi connectivity index (χ2n) is 1.28. The van der Waals surface area contributed by atoms with Crippen molar-refractivity contribution in [3.8, 4) is 0 Å². The summed E-state index contributed by atoms with van der Waals surface area (Å²) in [6, 6.07) is 0. The zero-order valence-corrected chi connectivity index (χ0v) is 7.27. The standard InChI is InChI=1S/C4H6Br2O2/c5-2-1-3(6)4(7)8/h3H,1-2H2,(H,7,8)/t3-/m0/s1. The van der Waals surface area contributed by atoms with E-state index < -0.39 is 10.8 Å². The maximum Gasteiger partial charge on any atom is 0.317 e. The first kappa shape index (κ1) is 8.43. The fraction of sp³-hybridized carbons (Fsp3) is 0.750. The lowest BCUT2D eigenvalue weighted by Crippen LogP contribution is -2.12. The van der Waals surface area contributed by atoms with E-state index in [1.807, 2.05) is 0 Å². The molecule has 0 bridgehead atoms. The average Bonchev–Trinajstić information content (AvgIpc) is 1.67. The molecule has 0 rings (SSSR count). The molecule has 0 saturated heterocycles. The van der Waals surface area contributed by atoms with Gasteiger partial charge in [0.25, 0.3) is 0 Å². The third kappa shape index (κ3) is 3.43. The van der Waals surface area contributed by atoms with Crippen LogP contribution in [0.5, 0.6) is 0 Å². The normalized spacial score (nSPS) is 13.2. The predicted octanol–water partition coefficient (Wildman–Crippen LogP) is 1.62. The van der Waals surface area contributed by atoms with Crippen LogP contribution < -0.4 is 0 Å². The van der Waals surface area contributed by atoms with Crippen LogP contribution in [0.1, 0.15) is 6.42 Å². The number of carboxylic acid groups (broad SMARTS) is 1. The molecule has 2 nitrogen and oxygen atoms in total. The molecule has 0 radical (unpaired) electrons. The second kappa shape index (κ2) is 4.32. The number of hydrogen-bond acceptors (Lipinski definition) is 1. The van der Waals surface area contributed by atoms with E-state index in [0.29, 0.717) is 6.42 Å². The van der Waals surface area contributed by atoms with Crippen molar-refractivity contribution in [2.45, 2.75) is 11.2 Å². The minimum absolute atomic E-state index is 0.401. The molecule has 0 aliphatic heterocycles. The number of carboxylic acids is 1. The van der Waals surface area contributed by atoms with Crippen LogP contribution >= 0.6 is 31.9 Å². The van der Waals surface area contributed by atoms with E-state index in [-0.39, 0.29) is 0 Å². The average molecular weight is 246 g/mol. The summed E-state index contributed by atoms with van der Waals surface area (Å²) in [5.74, 6) is -0.801. The van der Waals surface area contributed by atoms with Crippen molar-refractivity contribution in [3.05, 3.63) is 0 Å². The van der Waals surface area contributed by atoms with E-state index in [9.17, 15) is 4.79 Å². The first-order valence-corrected chi connectivity index (χ1v) is 4.15. The van der Waals surface area contributed by atoms with Gasteiger partial charge in [-0.05, 0) is 6.42 Å². The summed E-state index contributed by atoms with van der Waals surface area (Å²) in [5, 5.41) is 8.96. The van der Waals surface area contributed by atoms with Crippen LogP contribution in [-0.4, -0.2) is 21.2 Å². The number of halogens is 2. The van der Waals surface area contributed by atoms with Crippen molar-refractivity contribution in [1.82, 2.24) is 0 Å². The molecule has 0 aromatic carbocycles. The summed E-state index contributed by atoms with van der Waals surface area (Å²) >= 11 is 6.10. The Morgan fingerprint density at radius 1 is 1.75 bits per heavy atom. The van der Waals surface area contributed by atoms with Gasteiger partial charge < -0.3 is 5.11 Å². The minimum Gasteiger partial charge on any atom is -0.480 e. The molecular formula is C4H6Br2O2. The zero-order chi connectivity index (χ0) is 6.57. The van der Waals surface area contributed by atoms with Crippen LogP contribution in [-0.2, 0) is 4.79 Å². The largest absolute Gasteiger partial charge is 0.480 e. The molecule has 0 heterocycles. The van der Waals surface area contributed by atoms with E-state index >= 15 is 0 Å². The number of alkyl halides is 2. The summed E-state index contributed by atoms with van der Waals surface area (Å²) in [7, 11) is 0. The molecule has 0 aliphatic carbocycles. The molecule has 0 aromatic heterocycles. The molecule has 0 saturated carbocycles. The SMILES string of the molecule is O=C(O)[C@@H](Br)CCBr. The summed E-state index contributed by atoms with van der Waals surface area (Å²) in [6.07, 6.45) is 0.620. The molecule has 1 N–H and O–H groups in total. The van der Waals surface area contributed by atoms with E-state index in [0.717, 1.165) is 5.33 Å². The highest BCUT2D eigenvalue weighted by atomic mass is 79.9. The van der Waals surface area contributed by atoms with Gasteiger partial charge in [0, 0.05) is 5.33 Å². The summed E-state index contributed by atoms with van der Waals surface area (Å²) in [5.41, 5.74) is 0. The van der Waals surface area contributed by atoms with Crippen LogP contribution in [0.15, 0.2) is 0 Å². The Morgan fingerprint density at radius 2 is 2.25 bits per heavy atom. The first-order valence-electron chi connectivity index (χ1n) is 2.11. The van der Waals surface area contributed by atoms with E-state index in [1.165, 1.54) is 0 Å². The highest BCUT2D eigenvalue weighted by molar-refractivity contribution is 9.10. The highest BCUT2D eigenvalue weighted by Crippen LogP contribution is 2.05. The molecule has 0 aliphatic rings. The van der Waals surface area contributed by atoms with E-state index in [2.05, 4.69) is 31.9 Å². The van der Waals surface area contributed by atoms with Crippen molar-refractivity contribution in [3.63, 3.8) is 0 Å². The van der Waals surface area contributed by atoms with Crippen LogP contribution in [0.25, 0.3) is 0 Å². The topological polar surface area (TPSA) is 37.3 Å². The lowest BCUT2D eigenvalue weighted by Gasteiger charge is -1.97. The molecule has 0 aromatic rings. The van der Waals surface area contributed by atoms with Gasteiger partial charge in [-0.1, -0.05) is 31.9 Å². The lowest BCUT2D eigenvalue weighted by atomic mass is 10.3. The number of hydrogen-bond donors (Lipinski definition) is 1. The van der Waals surface area contributed by atoms with Gasteiger partial charge >= 0.3 is 5.97 Å². The molecule has 4 heteroatoms. The monoisotopic (exact) mass is 244 g/mol. The fourth-order valence-electron chi connectivity index (χ4n) is 0.219. The fourth-order valence-corrected chi connectivity index (χ4v) is 1.52. The zero-order valence-electron chi connectivity index (χ0n) is 4.10. The van der Waals surface area contributed by atoms with Gasteiger partial charge in [-0.25, -0.2) is 0 Å². The van der Waals surface area contributed by atoms with Gasteiger partial charge in [0.15, 0.2) is 0 Å². The Balaban J connectivity index is 3.32. The van der Waals surface area contributed by atoms with Gasteiger partial charge in [0.2, 0.25) is 0 Å². The molecule has 1 atom stereocenters.